The maximum Gasteiger partial charge on any atom is 0.253 e. The lowest BCUT2D eigenvalue weighted by molar-refractivity contribution is 0.0932. The Morgan fingerprint density at radius 2 is 1.79 bits per heavy atom. The van der Waals surface area contributed by atoms with Crippen molar-refractivity contribution < 1.29 is 4.79 Å². The van der Waals surface area contributed by atoms with Crippen LogP contribution in [0.4, 0.5) is 0 Å². The van der Waals surface area contributed by atoms with Gasteiger partial charge in [-0.2, -0.15) is 0 Å². The zero-order chi connectivity index (χ0) is 20.3. The number of hydrogen-bond donors (Lipinski definition) is 1. The summed E-state index contributed by atoms with van der Waals surface area (Å²) < 4.78 is 0. The van der Waals surface area contributed by atoms with Crippen molar-refractivity contribution in [2.75, 3.05) is 20.6 Å². The Morgan fingerprint density at radius 1 is 1.07 bits per heavy atom. The van der Waals surface area contributed by atoms with Gasteiger partial charge in [-0.15, -0.1) is 0 Å². The summed E-state index contributed by atoms with van der Waals surface area (Å²) in [5.41, 5.74) is 5.80. The summed E-state index contributed by atoms with van der Waals surface area (Å²) in [6, 6.07) is 16.3. The lowest BCUT2D eigenvalue weighted by Crippen LogP contribution is -2.31. The lowest BCUT2D eigenvalue weighted by atomic mass is 10.0. The fraction of sp³-hybridized carbons (Fsp3) is 0.333. The maximum atomic E-state index is 13.1. The van der Waals surface area contributed by atoms with E-state index < -0.39 is 0 Å². The summed E-state index contributed by atoms with van der Waals surface area (Å²) >= 11 is 0. The Labute approximate surface area is 167 Å². The number of carbonyl (C=O) groups excluding carboxylic acids is 1. The SMILES string of the molecule is Cc1cc(C)c2nc(C)c(C(=O)NC(CCN(C)C)c3ccccc3)cc2c1. The lowest BCUT2D eigenvalue weighted by Gasteiger charge is -2.22. The fourth-order valence-electron chi connectivity index (χ4n) is 3.60. The first-order chi connectivity index (χ1) is 13.3. The van der Waals surface area contributed by atoms with Crippen LogP contribution in [0, 0.1) is 20.8 Å². The second-order valence-electron chi connectivity index (χ2n) is 7.80. The second kappa shape index (κ2) is 8.53. The summed E-state index contributed by atoms with van der Waals surface area (Å²) in [6.07, 6.45) is 0.848. The van der Waals surface area contributed by atoms with Crippen LogP contribution >= 0.6 is 0 Å². The van der Waals surface area contributed by atoms with E-state index in [9.17, 15) is 4.79 Å². The smallest absolute Gasteiger partial charge is 0.253 e. The average Bonchev–Trinajstić information content (AvgIpc) is 2.65. The third kappa shape index (κ3) is 4.57. The van der Waals surface area contributed by atoms with Crippen LogP contribution in [-0.2, 0) is 0 Å². The summed E-state index contributed by atoms with van der Waals surface area (Å²) in [5, 5.41) is 4.25. The van der Waals surface area contributed by atoms with Crippen molar-refractivity contribution in [3.8, 4) is 0 Å². The van der Waals surface area contributed by atoms with Gasteiger partial charge < -0.3 is 10.2 Å². The molecule has 0 radical (unpaired) electrons. The molecule has 0 saturated heterocycles. The molecule has 4 heteroatoms. The molecule has 1 heterocycles. The number of aromatic nitrogens is 1. The highest BCUT2D eigenvalue weighted by molar-refractivity contribution is 5.99. The molecule has 1 unspecified atom stereocenters. The molecule has 0 aliphatic rings. The van der Waals surface area contributed by atoms with Crippen molar-refractivity contribution in [3.63, 3.8) is 0 Å². The molecule has 2 aromatic carbocycles. The number of fused-ring (bicyclic) bond motifs is 1. The van der Waals surface area contributed by atoms with Crippen LogP contribution in [0.15, 0.2) is 48.5 Å². The van der Waals surface area contributed by atoms with Crippen molar-refractivity contribution in [1.82, 2.24) is 15.2 Å². The van der Waals surface area contributed by atoms with Crippen molar-refractivity contribution in [3.05, 3.63) is 76.5 Å². The first-order valence-corrected chi connectivity index (χ1v) is 9.74. The van der Waals surface area contributed by atoms with Crippen LogP contribution in [0.25, 0.3) is 10.9 Å². The van der Waals surface area contributed by atoms with E-state index in [1.54, 1.807) is 0 Å². The molecule has 146 valence electrons. The van der Waals surface area contributed by atoms with E-state index in [1.165, 1.54) is 5.56 Å². The van der Waals surface area contributed by atoms with Gasteiger partial charge in [0.2, 0.25) is 0 Å². The number of benzene rings is 2. The van der Waals surface area contributed by atoms with Crippen molar-refractivity contribution in [2.45, 2.75) is 33.2 Å². The Kier molecular flexibility index (Phi) is 6.10. The van der Waals surface area contributed by atoms with Gasteiger partial charge in [-0.1, -0.05) is 42.0 Å². The molecule has 4 nitrogen and oxygen atoms in total. The number of rotatable bonds is 6. The molecular formula is C24H29N3O. The molecule has 0 aliphatic heterocycles. The topological polar surface area (TPSA) is 45.2 Å². The largest absolute Gasteiger partial charge is 0.345 e. The zero-order valence-corrected chi connectivity index (χ0v) is 17.4. The molecule has 28 heavy (non-hydrogen) atoms. The van der Waals surface area contributed by atoms with Gasteiger partial charge in [-0.25, -0.2) is 0 Å². The van der Waals surface area contributed by atoms with Crippen LogP contribution in [0.3, 0.4) is 0 Å². The van der Waals surface area contributed by atoms with Crippen molar-refractivity contribution in [1.29, 1.82) is 0 Å². The highest BCUT2D eigenvalue weighted by Gasteiger charge is 2.18. The predicted molar refractivity (Wildman–Crippen MR) is 116 cm³/mol. The fourth-order valence-corrected chi connectivity index (χ4v) is 3.60. The molecule has 0 fully saturated rings. The third-order valence-electron chi connectivity index (χ3n) is 5.06. The molecular weight excluding hydrogens is 346 g/mol. The van der Waals surface area contributed by atoms with Crippen LogP contribution in [0.2, 0.25) is 0 Å². The van der Waals surface area contributed by atoms with Gasteiger partial charge in [0.25, 0.3) is 5.91 Å². The average molecular weight is 376 g/mol. The molecule has 0 bridgehead atoms. The third-order valence-corrected chi connectivity index (χ3v) is 5.06. The minimum Gasteiger partial charge on any atom is -0.345 e. The molecule has 3 rings (SSSR count). The summed E-state index contributed by atoms with van der Waals surface area (Å²) in [7, 11) is 4.10. The van der Waals surface area contributed by atoms with Gasteiger partial charge in [-0.05, 0) is 71.1 Å². The van der Waals surface area contributed by atoms with Gasteiger partial charge in [0.15, 0.2) is 0 Å². The number of pyridine rings is 1. The monoisotopic (exact) mass is 375 g/mol. The molecule has 0 spiro atoms. The van der Waals surface area contributed by atoms with Gasteiger partial charge in [0.05, 0.1) is 22.8 Å². The van der Waals surface area contributed by atoms with Gasteiger partial charge in [-0.3, -0.25) is 9.78 Å². The number of amides is 1. The van der Waals surface area contributed by atoms with E-state index in [1.807, 2.05) is 45.3 Å². The summed E-state index contributed by atoms with van der Waals surface area (Å²) in [6.45, 7) is 6.94. The van der Waals surface area contributed by atoms with Crippen molar-refractivity contribution >= 4 is 16.8 Å². The quantitative estimate of drug-likeness (QED) is 0.686. The highest BCUT2D eigenvalue weighted by Crippen LogP contribution is 2.23. The van der Waals surface area contributed by atoms with Crippen molar-refractivity contribution in [2.24, 2.45) is 0 Å². The first-order valence-electron chi connectivity index (χ1n) is 9.74. The molecule has 0 saturated carbocycles. The van der Waals surface area contributed by atoms with Crippen LogP contribution in [0.1, 0.15) is 45.2 Å². The van der Waals surface area contributed by atoms with Crippen LogP contribution in [-0.4, -0.2) is 36.4 Å². The minimum atomic E-state index is -0.0707. The Hall–Kier alpha value is -2.72. The van der Waals surface area contributed by atoms with Crippen LogP contribution < -0.4 is 5.32 Å². The number of nitrogens with zero attached hydrogens (tertiary/aromatic N) is 2. The number of carbonyl (C=O) groups is 1. The number of hydrogen-bond acceptors (Lipinski definition) is 3. The standard InChI is InChI=1S/C24H29N3O/c1-16-13-17(2)23-20(14-16)15-21(18(3)25-23)24(28)26-22(11-12-27(4)5)19-9-7-6-8-10-19/h6-10,13-15,22H,11-12H2,1-5H3,(H,26,28). The van der Waals surface area contributed by atoms with E-state index in [-0.39, 0.29) is 11.9 Å². The first kappa shape index (κ1) is 20.0. The van der Waals surface area contributed by atoms with Gasteiger partial charge >= 0.3 is 0 Å². The second-order valence-corrected chi connectivity index (χ2v) is 7.80. The summed E-state index contributed by atoms with van der Waals surface area (Å²) in [4.78, 5) is 20.0. The van der Waals surface area contributed by atoms with E-state index in [2.05, 4.69) is 48.3 Å². The molecule has 1 N–H and O–H groups in total. The minimum absolute atomic E-state index is 0.0366. The zero-order valence-electron chi connectivity index (χ0n) is 17.4. The maximum absolute atomic E-state index is 13.1. The number of aryl methyl sites for hydroxylation is 3. The normalized spacial score (nSPS) is 12.4. The van der Waals surface area contributed by atoms with E-state index in [0.29, 0.717) is 5.56 Å². The Bertz CT molecular complexity index is 980. The molecule has 0 aliphatic carbocycles. The molecule has 1 atom stereocenters. The van der Waals surface area contributed by atoms with Gasteiger partial charge in [0, 0.05) is 5.39 Å². The van der Waals surface area contributed by atoms with Gasteiger partial charge in [0.1, 0.15) is 0 Å². The molecule has 1 amide bonds. The van der Waals surface area contributed by atoms with E-state index >= 15 is 0 Å². The molecule has 1 aromatic heterocycles. The Balaban J connectivity index is 1.92. The predicted octanol–water partition coefficient (Wildman–Crippen LogP) is 4.58. The highest BCUT2D eigenvalue weighted by atomic mass is 16.1. The number of nitrogens with one attached hydrogen (secondary N) is 1. The van der Waals surface area contributed by atoms with E-state index in [0.717, 1.165) is 40.7 Å². The van der Waals surface area contributed by atoms with E-state index in [4.69, 9.17) is 4.98 Å². The Morgan fingerprint density at radius 3 is 2.46 bits per heavy atom. The van der Waals surface area contributed by atoms with Crippen LogP contribution in [0.5, 0.6) is 0 Å². The summed E-state index contributed by atoms with van der Waals surface area (Å²) in [5.74, 6) is -0.0707. The molecule has 3 aromatic rings.